The highest BCUT2D eigenvalue weighted by atomic mass is 16.5. The fraction of sp³-hybridized carbons (Fsp3) is 0.400. The van der Waals surface area contributed by atoms with Crippen molar-refractivity contribution >= 4 is 11.9 Å². The molecule has 0 aliphatic heterocycles. The summed E-state index contributed by atoms with van der Waals surface area (Å²) >= 11 is 0. The largest absolute Gasteiger partial charge is 0.478 e. The van der Waals surface area contributed by atoms with Gasteiger partial charge in [0.05, 0.1) is 17.7 Å². The topological polar surface area (TPSA) is 63.6 Å². The number of carbonyl (C=O) groups excluding carboxylic acids is 1. The molecule has 2 aliphatic rings. The van der Waals surface area contributed by atoms with E-state index in [9.17, 15) is 14.7 Å². The second kappa shape index (κ2) is 8.48. The van der Waals surface area contributed by atoms with Crippen LogP contribution < -0.4 is 0 Å². The number of carboxylic acids is 1. The van der Waals surface area contributed by atoms with Gasteiger partial charge in [-0.25, -0.2) is 9.59 Å². The normalized spacial score (nSPS) is 10.8. The number of carbonyl (C=O) groups is 2. The summed E-state index contributed by atoms with van der Waals surface area (Å²) < 4.78 is 5.15. The molecule has 0 spiro atoms. The number of fused-ring (bicyclic) bond motifs is 1. The maximum atomic E-state index is 12.2. The van der Waals surface area contributed by atoms with Gasteiger partial charge in [0.25, 0.3) is 0 Å². The smallest absolute Gasteiger partial charge is 0.338 e. The molecule has 0 aromatic heterocycles. The van der Waals surface area contributed by atoms with Gasteiger partial charge in [0.2, 0.25) is 0 Å². The monoisotopic (exact) mass is 328 g/mol. The van der Waals surface area contributed by atoms with Crippen molar-refractivity contribution in [1.82, 2.24) is 0 Å². The van der Waals surface area contributed by atoms with Crippen molar-refractivity contribution in [3.8, 4) is 11.1 Å². The van der Waals surface area contributed by atoms with Gasteiger partial charge in [-0.1, -0.05) is 38.3 Å². The lowest BCUT2D eigenvalue weighted by Gasteiger charge is -2.03. The molecule has 2 aliphatic carbocycles. The average Bonchev–Trinajstić information content (AvgIpc) is 2.74. The summed E-state index contributed by atoms with van der Waals surface area (Å²) in [6.45, 7) is 4.25. The number of aryl methyl sites for hydroxylation is 1. The molecule has 0 aromatic carbocycles. The van der Waals surface area contributed by atoms with E-state index in [4.69, 9.17) is 4.74 Å². The molecule has 1 N–H and O–H groups in total. The molecule has 0 atom stereocenters. The van der Waals surface area contributed by atoms with Crippen LogP contribution in [0.1, 0.15) is 65.8 Å². The molecule has 0 bridgehead atoms. The Kier molecular flexibility index (Phi) is 6.36. The molecular formula is C20H24O4. The maximum absolute atomic E-state index is 12.2. The molecule has 4 nitrogen and oxygen atoms in total. The second-order valence-electron chi connectivity index (χ2n) is 5.87. The molecule has 0 fully saturated rings. The summed E-state index contributed by atoms with van der Waals surface area (Å²) in [6.07, 6.45) is 5.32. The SMILES string of the molecule is CCCCCCc1cc(C(=O)OCC)c2cccc(C(=O)O)cc1-2. The summed E-state index contributed by atoms with van der Waals surface area (Å²) in [7, 11) is 0. The van der Waals surface area contributed by atoms with Gasteiger partial charge in [-0.05, 0) is 54.7 Å². The van der Waals surface area contributed by atoms with E-state index in [2.05, 4.69) is 6.92 Å². The molecular weight excluding hydrogens is 304 g/mol. The standard InChI is InChI=1S/C20H24O4/c1-3-5-6-7-9-14-12-18(20(23)24-4-2)16-11-8-10-15(19(21)22)13-17(14)16/h8,10-13H,3-7,9H2,1-2H3,(H,21,22). The van der Waals surface area contributed by atoms with E-state index in [0.717, 1.165) is 42.4 Å². The average molecular weight is 328 g/mol. The van der Waals surface area contributed by atoms with Gasteiger partial charge in [0.15, 0.2) is 0 Å². The molecule has 128 valence electrons. The van der Waals surface area contributed by atoms with Crippen molar-refractivity contribution in [3.63, 3.8) is 0 Å². The van der Waals surface area contributed by atoms with Crippen LogP contribution in [0.5, 0.6) is 0 Å². The van der Waals surface area contributed by atoms with Crippen LogP contribution in [0, 0.1) is 0 Å². The van der Waals surface area contributed by atoms with E-state index in [0.29, 0.717) is 12.2 Å². The Hall–Kier alpha value is -2.36. The number of unbranched alkanes of at least 4 members (excludes halogenated alkanes) is 3. The Labute approximate surface area is 142 Å². The molecule has 0 saturated heterocycles. The van der Waals surface area contributed by atoms with Crippen LogP contribution in [-0.2, 0) is 11.2 Å². The van der Waals surface area contributed by atoms with E-state index >= 15 is 0 Å². The number of hydrogen-bond acceptors (Lipinski definition) is 3. The van der Waals surface area contributed by atoms with Crippen LogP contribution in [0.2, 0.25) is 0 Å². The Balaban J connectivity index is 2.43. The zero-order valence-corrected chi connectivity index (χ0v) is 14.3. The highest BCUT2D eigenvalue weighted by Crippen LogP contribution is 2.34. The third-order valence-electron chi connectivity index (χ3n) is 4.13. The summed E-state index contributed by atoms with van der Waals surface area (Å²) in [5.74, 6) is -1.33. The number of ether oxygens (including phenoxy) is 1. The van der Waals surface area contributed by atoms with Gasteiger partial charge in [-0.15, -0.1) is 0 Å². The predicted molar refractivity (Wildman–Crippen MR) is 93.8 cm³/mol. The molecule has 2 rings (SSSR count). The summed E-state index contributed by atoms with van der Waals surface area (Å²) in [5.41, 5.74) is 3.34. The van der Waals surface area contributed by atoms with E-state index < -0.39 is 5.97 Å². The fourth-order valence-corrected chi connectivity index (χ4v) is 2.91. The number of aromatic carboxylic acids is 1. The lowest BCUT2D eigenvalue weighted by molar-refractivity contribution is 0.0527. The minimum absolute atomic E-state index is 0.223. The van der Waals surface area contributed by atoms with Crippen LogP contribution in [-0.4, -0.2) is 23.7 Å². The highest BCUT2D eigenvalue weighted by Gasteiger charge is 2.21. The molecule has 0 radical (unpaired) electrons. The molecule has 4 heteroatoms. The lowest BCUT2D eigenvalue weighted by Crippen LogP contribution is -2.03. The van der Waals surface area contributed by atoms with Crippen LogP contribution in [0.3, 0.4) is 0 Å². The van der Waals surface area contributed by atoms with E-state index in [-0.39, 0.29) is 11.5 Å². The lowest BCUT2D eigenvalue weighted by atomic mass is 10.0. The predicted octanol–water partition coefficient (Wildman–Crippen LogP) is 4.79. The number of carboxylic acid groups (broad SMARTS) is 1. The van der Waals surface area contributed by atoms with Crippen molar-refractivity contribution in [2.45, 2.75) is 46.0 Å². The quantitative estimate of drug-likeness (QED) is 0.559. The third kappa shape index (κ3) is 4.13. The van der Waals surface area contributed by atoms with Gasteiger partial charge in [-0.3, -0.25) is 0 Å². The molecule has 0 amide bonds. The van der Waals surface area contributed by atoms with Crippen molar-refractivity contribution in [1.29, 1.82) is 0 Å². The van der Waals surface area contributed by atoms with Crippen LogP contribution in [0.15, 0.2) is 30.3 Å². The number of hydrogen-bond donors (Lipinski definition) is 1. The van der Waals surface area contributed by atoms with Crippen LogP contribution >= 0.6 is 0 Å². The first kappa shape index (κ1) is 18.0. The van der Waals surface area contributed by atoms with Crippen molar-refractivity contribution in [2.24, 2.45) is 0 Å². The summed E-state index contributed by atoms with van der Waals surface area (Å²) in [6, 6.07) is 8.55. The first-order valence-corrected chi connectivity index (χ1v) is 8.54. The first-order valence-electron chi connectivity index (χ1n) is 8.54. The summed E-state index contributed by atoms with van der Waals surface area (Å²) in [4.78, 5) is 23.6. The fourth-order valence-electron chi connectivity index (χ4n) is 2.91. The Morgan fingerprint density at radius 1 is 1.04 bits per heavy atom. The van der Waals surface area contributed by atoms with E-state index in [1.54, 1.807) is 31.2 Å². The van der Waals surface area contributed by atoms with Gasteiger partial charge >= 0.3 is 11.9 Å². The Morgan fingerprint density at radius 3 is 2.50 bits per heavy atom. The van der Waals surface area contributed by atoms with Crippen molar-refractivity contribution < 1.29 is 19.4 Å². The Bertz CT molecular complexity index is 690. The number of esters is 1. The van der Waals surface area contributed by atoms with Gasteiger partial charge in [-0.2, -0.15) is 0 Å². The molecule has 0 aromatic rings. The molecule has 24 heavy (non-hydrogen) atoms. The summed E-state index contributed by atoms with van der Waals surface area (Å²) in [5, 5.41) is 9.30. The minimum Gasteiger partial charge on any atom is -0.478 e. The maximum Gasteiger partial charge on any atom is 0.338 e. The zero-order valence-electron chi connectivity index (χ0n) is 14.3. The van der Waals surface area contributed by atoms with Crippen molar-refractivity contribution in [3.05, 3.63) is 47.0 Å². The first-order chi connectivity index (χ1) is 11.6. The molecule has 0 heterocycles. The highest BCUT2D eigenvalue weighted by molar-refractivity contribution is 6.01. The van der Waals surface area contributed by atoms with E-state index in [1.165, 1.54) is 6.42 Å². The third-order valence-corrected chi connectivity index (χ3v) is 4.13. The van der Waals surface area contributed by atoms with Gasteiger partial charge < -0.3 is 9.84 Å². The molecule has 0 unspecified atom stereocenters. The molecule has 0 saturated carbocycles. The van der Waals surface area contributed by atoms with Gasteiger partial charge in [0.1, 0.15) is 0 Å². The minimum atomic E-state index is -0.969. The zero-order chi connectivity index (χ0) is 17.5. The van der Waals surface area contributed by atoms with E-state index in [1.807, 2.05) is 6.07 Å². The Morgan fingerprint density at radius 2 is 1.83 bits per heavy atom. The van der Waals surface area contributed by atoms with Crippen LogP contribution in [0.25, 0.3) is 11.1 Å². The van der Waals surface area contributed by atoms with Gasteiger partial charge in [0, 0.05) is 0 Å². The van der Waals surface area contributed by atoms with Crippen LogP contribution in [0.4, 0.5) is 0 Å². The second-order valence-corrected chi connectivity index (χ2v) is 5.87. The number of rotatable bonds is 8. The van der Waals surface area contributed by atoms with Crippen molar-refractivity contribution in [2.75, 3.05) is 6.61 Å².